The quantitative estimate of drug-likeness (QED) is 0.504. The van der Waals surface area contributed by atoms with Crippen LogP contribution in [-0.4, -0.2) is 15.5 Å². The molecule has 1 amide bonds. The van der Waals surface area contributed by atoms with E-state index in [0.717, 1.165) is 5.52 Å². The van der Waals surface area contributed by atoms with Gasteiger partial charge in [-0.2, -0.15) is 0 Å². The second-order valence-corrected chi connectivity index (χ2v) is 2.70. The van der Waals surface area contributed by atoms with E-state index in [1.165, 1.54) is 0 Å². The molecule has 0 aliphatic rings. The van der Waals surface area contributed by atoms with Crippen molar-refractivity contribution in [2.75, 3.05) is 0 Å². The monoisotopic (exact) mass is 176 g/mol. The predicted octanol–water partition coefficient (Wildman–Crippen LogP) is 1.06. The molecule has 0 spiro atoms. The number of carbonyl (C=O) groups is 1. The Morgan fingerprint density at radius 2 is 2.31 bits per heavy atom. The molecule has 4 heteroatoms. The van der Waals surface area contributed by atoms with Crippen LogP contribution in [0.2, 0.25) is 0 Å². The summed E-state index contributed by atoms with van der Waals surface area (Å²) in [6.07, 6.45) is 3.49. The van der Waals surface area contributed by atoms with Crippen molar-refractivity contribution in [3.8, 4) is 0 Å². The number of nitrogens with zero attached hydrogens (tertiary/aromatic N) is 1. The average molecular weight is 176 g/mol. The third kappa shape index (κ3) is 1.27. The second kappa shape index (κ2) is 2.91. The first-order valence-corrected chi connectivity index (χ1v) is 3.82. The molecule has 0 unspecified atom stereocenters. The molecular formula is C9H8N2O2. The summed E-state index contributed by atoms with van der Waals surface area (Å²) < 4.78 is 1.81. The summed E-state index contributed by atoms with van der Waals surface area (Å²) in [6, 6.07) is 7.34. The van der Waals surface area contributed by atoms with E-state index in [-0.39, 0.29) is 0 Å². The molecule has 0 atom stereocenters. The molecule has 0 aliphatic heterocycles. The lowest BCUT2D eigenvalue weighted by Gasteiger charge is -1.90. The van der Waals surface area contributed by atoms with E-state index in [1.54, 1.807) is 17.7 Å². The van der Waals surface area contributed by atoms with Gasteiger partial charge in [-0.1, -0.05) is 6.07 Å². The normalized spacial score (nSPS) is 10.2. The lowest BCUT2D eigenvalue weighted by Crippen LogP contribution is -2.17. The van der Waals surface area contributed by atoms with Crippen LogP contribution < -0.4 is 5.48 Å². The molecule has 66 valence electrons. The van der Waals surface area contributed by atoms with E-state index in [0.29, 0.717) is 5.56 Å². The Hall–Kier alpha value is -1.81. The molecule has 0 aromatic carbocycles. The van der Waals surface area contributed by atoms with Crippen LogP contribution in [0.1, 0.15) is 10.4 Å². The molecule has 0 aliphatic carbocycles. The number of amides is 1. The minimum absolute atomic E-state index is 0.439. The Labute approximate surface area is 74.4 Å². The largest absolute Gasteiger partial charge is 0.323 e. The number of pyridine rings is 1. The van der Waals surface area contributed by atoms with E-state index in [1.807, 2.05) is 28.8 Å². The van der Waals surface area contributed by atoms with Crippen LogP contribution in [0.5, 0.6) is 0 Å². The number of rotatable bonds is 1. The first kappa shape index (κ1) is 7.82. The van der Waals surface area contributed by atoms with Crippen LogP contribution >= 0.6 is 0 Å². The van der Waals surface area contributed by atoms with Gasteiger partial charge >= 0.3 is 0 Å². The number of nitrogens with one attached hydrogen (secondary N) is 1. The van der Waals surface area contributed by atoms with E-state index < -0.39 is 5.91 Å². The van der Waals surface area contributed by atoms with Crippen molar-refractivity contribution in [2.24, 2.45) is 0 Å². The minimum Gasteiger partial charge on any atom is -0.323 e. The Kier molecular flexibility index (Phi) is 1.75. The number of hydrogen-bond donors (Lipinski definition) is 2. The maximum absolute atomic E-state index is 11.0. The molecule has 0 fully saturated rings. The standard InChI is InChI=1S/C9H8N2O2/c12-9(10-13)7-5-8-3-1-2-4-11(8)6-7/h1-6,13H,(H,10,12). The second-order valence-electron chi connectivity index (χ2n) is 2.70. The van der Waals surface area contributed by atoms with Gasteiger partial charge in [0, 0.05) is 17.9 Å². The van der Waals surface area contributed by atoms with Gasteiger partial charge in [-0.3, -0.25) is 10.0 Å². The topological polar surface area (TPSA) is 53.7 Å². The Balaban J connectivity index is 2.56. The van der Waals surface area contributed by atoms with Gasteiger partial charge < -0.3 is 4.40 Å². The van der Waals surface area contributed by atoms with Crippen molar-refractivity contribution in [1.82, 2.24) is 9.88 Å². The average Bonchev–Trinajstić information content (AvgIpc) is 2.59. The molecule has 2 N–H and O–H groups in total. The van der Waals surface area contributed by atoms with E-state index >= 15 is 0 Å². The first-order chi connectivity index (χ1) is 6.31. The number of hydrogen-bond acceptors (Lipinski definition) is 2. The van der Waals surface area contributed by atoms with Crippen LogP contribution in [-0.2, 0) is 0 Å². The smallest absolute Gasteiger partial charge is 0.276 e. The predicted molar refractivity (Wildman–Crippen MR) is 46.6 cm³/mol. The summed E-state index contributed by atoms with van der Waals surface area (Å²) >= 11 is 0. The summed E-state index contributed by atoms with van der Waals surface area (Å²) in [5.74, 6) is -0.497. The van der Waals surface area contributed by atoms with Gasteiger partial charge in [0.1, 0.15) is 0 Å². The SMILES string of the molecule is O=C(NO)c1cc2ccccn2c1. The summed E-state index contributed by atoms with van der Waals surface area (Å²) in [5.41, 5.74) is 2.95. The lowest BCUT2D eigenvalue weighted by molar-refractivity contribution is 0.0706. The van der Waals surface area contributed by atoms with Crippen molar-refractivity contribution >= 4 is 11.4 Å². The molecule has 0 saturated heterocycles. The van der Waals surface area contributed by atoms with Crippen LogP contribution in [0.25, 0.3) is 5.52 Å². The van der Waals surface area contributed by atoms with Gasteiger partial charge in [0.25, 0.3) is 5.91 Å². The van der Waals surface area contributed by atoms with Crippen LogP contribution in [0.4, 0.5) is 0 Å². The molecule has 0 saturated carbocycles. The fraction of sp³-hybridized carbons (Fsp3) is 0. The van der Waals surface area contributed by atoms with Crippen LogP contribution in [0, 0.1) is 0 Å². The summed E-state index contributed by atoms with van der Waals surface area (Å²) in [7, 11) is 0. The molecule has 0 radical (unpaired) electrons. The highest BCUT2D eigenvalue weighted by Crippen LogP contribution is 2.08. The van der Waals surface area contributed by atoms with E-state index in [4.69, 9.17) is 5.21 Å². The maximum Gasteiger partial charge on any atom is 0.276 e. The van der Waals surface area contributed by atoms with Crippen LogP contribution in [0.3, 0.4) is 0 Å². The van der Waals surface area contributed by atoms with Crippen molar-refractivity contribution < 1.29 is 10.0 Å². The molecule has 2 heterocycles. The van der Waals surface area contributed by atoms with Gasteiger partial charge in [-0.15, -0.1) is 0 Å². The summed E-state index contributed by atoms with van der Waals surface area (Å²) in [6.45, 7) is 0. The molecule has 2 aromatic rings. The number of carbonyl (C=O) groups excluding carboxylic acids is 1. The van der Waals surface area contributed by atoms with Crippen molar-refractivity contribution in [1.29, 1.82) is 0 Å². The lowest BCUT2D eigenvalue weighted by atomic mass is 10.3. The van der Waals surface area contributed by atoms with Crippen molar-refractivity contribution in [3.63, 3.8) is 0 Å². The highest BCUT2D eigenvalue weighted by atomic mass is 16.5. The third-order valence-corrected chi connectivity index (χ3v) is 1.87. The third-order valence-electron chi connectivity index (χ3n) is 1.87. The van der Waals surface area contributed by atoms with Gasteiger partial charge in [0.2, 0.25) is 0 Å². The van der Waals surface area contributed by atoms with Gasteiger partial charge in [-0.25, -0.2) is 5.48 Å². The van der Waals surface area contributed by atoms with E-state index in [9.17, 15) is 4.79 Å². The zero-order valence-electron chi connectivity index (χ0n) is 6.77. The number of hydroxylamine groups is 1. The molecular weight excluding hydrogens is 168 g/mol. The minimum atomic E-state index is -0.497. The van der Waals surface area contributed by atoms with Gasteiger partial charge in [0.05, 0.1) is 5.56 Å². The Morgan fingerprint density at radius 3 is 3.00 bits per heavy atom. The Morgan fingerprint density at radius 1 is 1.46 bits per heavy atom. The van der Waals surface area contributed by atoms with Crippen LogP contribution in [0.15, 0.2) is 36.7 Å². The fourth-order valence-corrected chi connectivity index (χ4v) is 1.24. The first-order valence-electron chi connectivity index (χ1n) is 3.82. The summed E-state index contributed by atoms with van der Waals surface area (Å²) in [4.78, 5) is 11.0. The highest BCUT2D eigenvalue weighted by molar-refractivity contribution is 5.94. The number of aromatic nitrogens is 1. The molecule has 2 aromatic heterocycles. The molecule has 0 bridgehead atoms. The Bertz CT molecular complexity index is 415. The fourth-order valence-electron chi connectivity index (χ4n) is 1.24. The number of fused-ring (bicyclic) bond motifs is 1. The van der Waals surface area contributed by atoms with Crippen molar-refractivity contribution in [2.45, 2.75) is 0 Å². The summed E-state index contributed by atoms with van der Waals surface area (Å²) in [5, 5.41) is 8.40. The molecule has 2 rings (SSSR count). The highest BCUT2D eigenvalue weighted by Gasteiger charge is 2.05. The zero-order valence-corrected chi connectivity index (χ0v) is 6.77. The van der Waals surface area contributed by atoms with Gasteiger partial charge in [-0.05, 0) is 18.2 Å². The van der Waals surface area contributed by atoms with Crippen molar-refractivity contribution in [3.05, 3.63) is 42.2 Å². The van der Waals surface area contributed by atoms with Gasteiger partial charge in [0.15, 0.2) is 0 Å². The van der Waals surface area contributed by atoms with E-state index in [2.05, 4.69) is 0 Å². The zero-order chi connectivity index (χ0) is 9.26. The maximum atomic E-state index is 11.0. The molecule has 13 heavy (non-hydrogen) atoms. The molecule has 4 nitrogen and oxygen atoms in total.